The minimum atomic E-state index is 0. The normalized spacial score (nSPS) is 0.500. The van der Waals surface area contributed by atoms with E-state index in [-0.39, 0.29) is 28.7 Å². The van der Waals surface area contributed by atoms with E-state index in [9.17, 15) is 0 Å². The van der Waals surface area contributed by atoms with Crippen LogP contribution in [0.3, 0.4) is 0 Å². The van der Waals surface area contributed by atoms with E-state index in [1.807, 2.05) is 0 Å². The average Bonchev–Trinajstić information content (AvgIpc) is 1.00. The van der Waals surface area contributed by atoms with Crippen LogP contribution in [-0.2, 0) is 0 Å². The van der Waals surface area contributed by atoms with Crippen molar-refractivity contribution in [3.8, 4) is 0 Å². The molecule has 0 fully saturated rings. The molecule has 0 aliphatic carbocycles. The van der Waals surface area contributed by atoms with Crippen LogP contribution in [0.5, 0.6) is 0 Å². The molecular weight excluding hydrogens is 43.8 g/mol. The van der Waals surface area contributed by atoms with E-state index in [1.54, 1.807) is 0 Å². The summed E-state index contributed by atoms with van der Waals surface area (Å²) in [4.78, 5) is 0. The van der Waals surface area contributed by atoms with Crippen LogP contribution in [0, 0.1) is 11.8 Å². The smallest absolute Gasteiger partial charge is 0.512 e. The van der Waals surface area contributed by atoms with Gasteiger partial charge < -0.3 is 11.8 Å². The molecule has 0 atom stereocenters. The molecule has 0 N–H and O–H groups in total. The summed E-state index contributed by atoms with van der Waals surface area (Å²) in [5, 5.41) is 6.25. The van der Waals surface area contributed by atoms with Gasteiger partial charge in [0.05, 0.1) is 0 Å². The summed E-state index contributed by atoms with van der Waals surface area (Å²) in [5.74, 6) is 0. The number of nitrogens with zero attached hydrogens (tertiary/aromatic N) is 1. The monoisotopic (exact) mass is 45.0 g/mol. The largest absolute Gasteiger partial charge is 1.00 e. The Kier molecular flexibility index (Phi) is 4890. The summed E-state index contributed by atoms with van der Waals surface area (Å²) in [6.07, 6.45) is 0. The summed E-state index contributed by atoms with van der Waals surface area (Å²) in [6.45, 7) is 4.75. The van der Waals surface area contributed by atoms with Gasteiger partial charge in [-0.05, 0) is 0 Å². The van der Waals surface area contributed by atoms with Gasteiger partial charge in [0.2, 0.25) is 0 Å². The predicted molar refractivity (Wildman–Crippen MR) is 11.8 cm³/mol. The van der Waals surface area contributed by atoms with Crippen molar-refractivity contribution >= 4 is 8.41 Å². The molecule has 0 unspecified atom stereocenters. The molecule has 0 aliphatic heterocycles. The van der Waals surface area contributed by atoms with Crippen LogP contribution in [0.25, 0.3) is 0 Å². The minimum absolute atomic E-state index is 0. The Morgan fingerprint density at radius 1 is 1.50 bits per heavy atom. The first-order valence-electron chi connectivity index (χ1n) is 0.224. The van der Waals surface area contributed by atoms with Crippen LogP contribution in [0.4, 0.5) is 0 Å². The van der Waals surface area contributed by atoms with Crippen LogP contribution < -0.4 is 18.9 Å². The zero-order chi connectivity index (χ0) is 2.00. The summed E-state index contributed by atoms with van der Waals surface area (Å²) < 4.78 is 0. The molecule has 0 saturated carbocycles. The molecular formula is CHBLiN+. The molecule has 0 rings (SSSR count). The molecule has 13 valence electrons. The Bertz CT molecular complexity index is 16.4. The third-order valence-electron chi connectivity index (χ3n) is 0. The van der Waals surface area contributed by atoms with Gasteiger partial charge in [0.25, 0.3) is 0 Å². The summed E-state index contributed by atoms with van der Waals surface area (Å²) in [7, 11) is 0. The number of rotatable bonds is 0. The van der Waals surface area contributed by atoms with Gasteiger partial charge in [0.1, 0.15) is 0 Å². The fourth-order valence-electron chi connectivity index (χ4n) is 0. The maximum atomic E-state index is 6.25. The van der Waals surface area contributed by atoms with Crippen LogP contribution in [0.15, 0.2) is 0 Å². The maximum absolute atomic E-state index is 6.25. The number of hydrogen-bond donors (Lipinski definition) is 0. The van der Waals surface area contributed by atoms with Crippen LogP contribution in [0.2, 0.25) is 0 Å². The molecule has 3 radical (unpaired) electrons. The second-order valence-corrected chi connectivity index (χ2v) is 0. The van der Waals surface area contributed by atoms with Crippen molar-refractivity contribution in [1.82, 2.24) is 0 Å². The first-order valence-corrected chi connectivity index (χ1v) is 0.224. The van der Waals surface area contributed by atoms with E-state index in [1.165, 1.54) is 0 Å². The summed E-state index contributed by atoms with van der Waals surface area (Å²) >= 11 is 0. The van der Waals surface area contributed by atoms with Gasteiger partial charge in [-0.3, -0.25) is 0 Å². The first kappa shape index (κ1) is 31.1. The van der Waals surface area contributed by atoms with Gasteiger partial charge in [0, 0.05) is 8.41 Å². The van der Waals surface area contributed by atoms with Crippen molar-refractivity contribution in [2.75, 3.05) is 0 Å². The standard InChI is InChI=1S/CN.B.Li/c1-2;;/q-1;;+1/p+1. The Labute approximate surface area is 41.2 Å². The van der Waals surface area contributed by atoms with Crippen molar-refractivity contribution in [2.45, 2.75) is 0 Å². The molecule has 4 heavy (non-hydrogen) atoms. The van der Waals surface area contributed by atoms with E-state index in [0.29, 0.717) is 0 Å². The van der Waals surface area contributed by atoms with Gasteiger partial charge in [-0.15, -0.1) is 0 Å². The van der Waals surface area contributed by atoms with E-state index >= 15 is 0 Å². The van der Waals surface area contributed by atoms with Gasteiger partial charge in [-0.1, -0.05) is 0 Å². The van der Waals surface area contributed by atoms with Gasteiger partial charge in [0.15, 0.2) is 0 Å². The Morgan fingerprint density at radius 3 is 1.50 bits per heavy atom. The zero-order valence-corrected chi connectivity index (χ0v) is 2.52. The van der Waals surface area contributed by atoms with Crippen molar-refractivity contribution in [1.29, 1.82) is 5.26 Å². The molecule has 0 amide bonds. The van der Waals surface area contributed by atoms with Crippen molar-refractivity contribution in [2.24, 2.45) is 0 Å². The Balaban J connectivity index is -0.00000000167. The van der Waals surface area contributed by atoms with Gasteiger partial charge >= 0.3 is 20.3 Å². The Hall–Kier alpha value is 0.152. The van der Waals surface area contributed by atoms with Crippen LogP contribution in [0.1, 0.15) is 1.43 Å². The zero-order valence-electron chi connectivity index (χ0n) is 3.52. The van der Waals surface area contributed by atoms with E-state index in [2.05, 4.69) is 0 Å². The van der Waals surface area contributed by atoms with E-state index < -0.39 is 0 Å². The second kappa shape index (κ2) is 629. The van der Waals surface area contributed by atoms with E-state index in [4.69, 9.17) is 11.8 Å². The number of hydrogen-bond acceptors (Lipinski definition) is 1. The van der Waals surface area contributed by atoms with Crippen molar-refractivity contribution < 1.29 is 20.3 Å². The third-order valence-corrected chi connectivity index (χ3v) is 0. The van der Waals surface area contributed by atoms with E-state index in [0.717, 1.165) is 0 Å². The van der Waals surface area contributed by atoms with Crippen LogP contribution >= 0.6 is 0 Å². The van der Waals surface area contributed by atoms with Crippen molar-refractivity contribution in [3.63, 3.8) is 0 Å². The second-order valence-electron chi connectivity index (χ2n) is 0. The fraction of sp³-hybridized carbons (Fsp3) is 0. The molecule has 0 spiro atoms. The SMILES string of the molecule is [B].[C-]#N.[H+].[Li+]. The molecule has 0 aromatic heterocycles. The Morgan fingerprint density at radius 2 is 1.50 bits per heavy atom. The van der Waals surface area contributed by atoms with Crippen molar-refractivity contribution in [3.05, 3.63) is 6.57 Å². The topological polar surface area (TPSA) is 23.8 Å². The fourth-order valence-corrected chi connectivity index (χ4v) is 0. The molecule has 0 aliphatic rings. The quantitative estimate of drug-likeness (QED) is 0.208. The average molecular weight is 44.8 g/mol. The summed E-state index contributed by atoms with van der Waals surface area (Å²) in [6, 6.07) is 0. The van der Waals surface area contributed by atoms with Gasteiger partial charge in [-0.25, -0.2) is 0 Å². The molecule has 0 bridgehead atoms. The van der Waals surface area contributed by atoms with Crippen LogP contribution in [-0.4, -0.2) is 8.41 Å². The maximum Gasteiger partial charge on any atom is 1.00 e. The van der Waals surface area contributed by atoms with Gasteiger partial charge in [-0.2, -0.15) is 0 Å². The molecule has 0 aromatic carbocycles. The predicted octanol–water partition coefficient (Wildman–Crippen LogP) is -3.17. The first-order chi connectivity index (χ1) is 1.00. The summed E-state index contributed by atoms with van der Waals surface area (Å²) in [5.41, 5.74) is 0. The molecule has 3 heteroatoms. The third kappa shape index (κ3) is 123. The molecule has 0 saturated heterocycles. The minimum Gasteiger partial charge on any atom is -0.512 e. The molecule has 0 heterocycles. The molecule has 0 aromatic rings. The molecule has 1 nitrogen and oxygen atoms in total.